The summed E-state index contributed by atoms with van der Waals surface area (Å²) >= 11 is 4.69. The molecule has 1 heterocycles. The number of rotatable bonds is 6. The zero-order valence-electron chi connectivity index (χ0n) is 11.0. The fourth-order valence-electron chi connectivity index (χ4n) is 1.52. The highest BCUT2D eigenvalue weighted by atomic mass is 79.9. The van der Waals surface area contributed by atoms with Crippen LogP contribution in [-0.4, -0.2) is 24.9 Å². The summed E-state index contributed by atoms with van der Waals surface area (Å²) < 4.78 is 27.1. The molecule has 112 valence electrons. The van der Waals surface area contributed by atoms with Crippen molar-refractivity contribution in [2.45, 2.75) is 4.90 Å². The van der Waals surface area contributed by atoms with Gasteiger partial charge in [-0.3, -0.25) is 4.72 Å². The van der Waals surface area contributed by atoms with Gasteiger partial charge in [0.05, 0.1) is 5.75 Å². The van der Waals surface area contributed by atoms with Gasteiger partial charge in [0, 0.05) is 27.0 Å². The van der Waals surface area contributed by atoms with Crippen LogP contribution in [0.3, 0.4) is 0 Å². The summed E-state index contributed by atoms with van der Waals surface area (Å²) in [7, 11) is -3.41. The summed E-state index contributed by atoms with van der Waals surface area (Å²) in [5.74, 6) is 0.756. The first kappa shape index (κ1) is 16.1. The number of hydrogen-bond donors (Lipinski definition) is 2. The molecule has 0 saturated heterocycles. The Bertz CT molecular complexity index is 706. The second kappa shape index (κ2) is 7.15. The fourth-order valence-corrected chi connectivity index (χ4v) is 4.14. The lowest BCUT2D eigenvalue weighted by Crippen LogP contribution is -2.18. The average molecular weight is 388 g/mol. The predicted molar refractivity (Wildman–Crippen MR) is 90.9 cm³/mol. The van der Waals surface area contributed by atoms with Crippen molar-refractivity contribution < 1.29 is 8.42 Å². The van der Waals surface area contributed by atoms with E-state index in [2.05, 4.69) is 25.6 Å². The summed E-state index contributed by atoms with van der Waals surface area (Å²) in [5.41, 5.74) is 6.34. The first-order valence-corrected chi connectivity index (χ1v) is 9.48. The molecule has 0 saturated carbocycles. The van der Waals surface area contributed by atoms with Crippen LogP contribution in [0.1, 0.15) is 0 Å². The number of anilines is 2. The zero-order valence-corrected chi connectivity index (χ0v) is 14.2. The first-order chi connectivity index (χ1) is 9.94. The summed E-state index contributed by atoms with van der Waals surface area (Å²) in [6.45, 7) is 0. The van der Waals surface area contributed by atoms with E-state index in [1.165, 1.54) is 11.8 Å². The number of hydrogen-bond acceptors (Lipinski definition) is 5. The van der Waals surface area contributed by atoms with Gasteiger partial charge in [0.15, 0.2) is 0 Å². The van der Waals surface area contributed by atoms with Crippen LogP contribution in [0.4, 0.5) is 11.5 Å². The van der Waals surface area contributed by atoms with E-state index in [0.29, 0.717) is 17.3 Å². The van der Waals surface area contributed by atoms with E-state index < -0.39 is 10.0 Å². The van der Waals surface area contributed by atoms with Gasteiger partial charge < -0.3 is 5.73 Å². The average Bonchev–Trinajstić information content (AvgIpc) is 2.41. The highest BCUT2D eigenvalue weighted by Crippen LogP contribution is 2.20. The Labute approximate surface area is 136 Å². The Morgan fingerprint density at radius 3 is 2.76 bits per heavy atom. The summed E-state index contributed by atoms with van der Waals surface area (Å²) in [6, 6.07) is 10.7. The second-order valence-corrected chi connectivity index (χ2v) is 8.13. The zero-order chi connectivity index (χ0) is 15.3. The number of sulfonamides is 1. The van der Waals surface area contributed by atoms with Crippen molar-refractivity contribution in [2.75, 3.05) is 22.0 Å². The fraction of sp³-hybridized carbons (Fsp3) is 0.154. The smallest absolute Gasteiger partial charge is 0.234 e. The number of nitrogen functional groups attached to an aromatic ring is 1. The molecule has 0 radical (unpaired) electrons. The lowest BCUT2D eigenvalue weighted by Gasteiger charge is -2.07. The Hall–Kier alpha value is -1.25. The van der Waals surface area contributed by atoms with Crippen molar-refractivity contribution in [1.29, 1.82) is 0 Å². The second-order valence-electron chi connectivity index (χ2n) is 4.20. The molecule has 0 bridgehead atoms. The number of nitrogens with one attached hydrogen (secondary N) is 1. The van der Waals surface area contributed by atoms with Gasteiger partial charge >= 0.3 is 0 Å². The van der Waals surface area contributed by atoms with Crippen LogP contribution < -0.4 is 10.5 Å². The van der Waals surface area contributed by atoms with E-state index in [-0.39, 0.29) is 5.75 Å². The largest absolute Gasteiger partial charge is 0.399 e. The van der Waals surface area contributed by atoms with E-state index in [4.69, 9.17) is 5.73 Å². The molecule has 21 heavy (non-hydrogen) atoms. The van der Waals surface area contributed by atoms with Gasteiger partial charge in [0.2, 0.25) is 10.0 Å². The number of nitrogens with zero attached hydrogens (tertiary/aromatic N) is 1. The minimum Gasteiger partial charge on any atom is -0.399 e. The Morgan fingerprint density at radius 1 is 1.29 bits per heavy atom. The molecule has 1 aromatic carbocycles. The number of pyridine rings is 1. The van der Waals surface area contributed by atoms with Crippen molar-refractivity contribution >= 4 is 49.2 Å². The highest BCUT2D eigenvalue weighted by Gasteiger charge is 2.11. The number of halogens is 1. The minimum atomic E-state index is -3.41. The van der Waals surface area contributed by atoms with Gasteiger partial charge in [0.1, 0.15) is 5.82 Å². The van der Waals surface area contributed by atoms with Crippen LogP contribution in [0.15, 0.2) is 52.0 Å². The van der Waals surface area contributed by atoms with Crippen molar-refractivity contribution in [3.63, 3.8) is 0 Å². The maximum atomic E-state index is 11.9. The molecule has 0 atom stereocenters. The van der Waals surface area contributed by atoms with Crippen LogP contribution >= 0.6 is 27.7 Å². The number of benzene rings is 1. The molecule has 1 aromatic heterocycles. The van der Waals surface area contributed by atoms with E-state index in [1.807, 2.05) is 18.2 Å². The van der Waals surface area contributed by atoms with E-state index in [1.54, 1.807) is 24.4 Å². The molecule has 3 N–H and O–H groups in total. The molecule has 5 nitrogen and oxygen atoms in total. The molecule has 0 fully saturated rings. The molecule has 8 heteroatoms. The van der Waals surface area contributed by atoms with Crippen LogP contribution in [0.25, 0.3) is 0 Å². The monoisotopic (exact) mass is 387 g/mol. The van der Waals surface area contributed by atoms with Crippen LogP contribution in [-0.2, 0) is 10.0 Å². The van der Waals surface area contributed by atoms with Gasteiger partial charge in [-0.05, 0) is 46.3 Å². The van der Waals surface area contributed by atoms with Gasteiger partial charge in [-0.15, -0.1) is 11.8 Å². The number of thioether (sulfide) groups is 1. The van der Waals surface area contributed by atoms with E-state index >= 15 is 0 Å². The number of aromatic nitrogens is 1. The minimum absolute atomic E-state index is 0.00418. The van der Waals surface area contributed by atoms with Gasteiger partial charge in [-0.25, -0.2) is 13.4 Å². The van der Waals surface area contributed by atoms with Crippen molar-refractivity contribution in [3.8, 4) is 0 Å². The van der Waals surface area contributed by atoms with Crippen molar-refractivity contribution in [2.24, 2.45) is 0 Å². The van der Waals surface area contributed by atoms with Crippen molar-refractivity contribution in [1.82, 2.24) is 4.98 Å². The number of nitrogens with two attached hydrogens (primary N) is 1. The third kappa shape index (κ3) is 5.56. The molecule has 0 aliphatic carbocycles. The molecule has 0 amide bonds. The summed E-state index contributed by atoms with van der Waals surface area (Å²) in [5, 5.41) is 0. The molecular formula is C13H14BrN3O2S2. The lowest BCUT2D eigenvalue weighted by molar-refractivity contribution is 0.602. The molecule has 0 aliphatic rings. The Balaban J connectivity index is 1.88. The highest BCUT2D eigenvalue weighted by molar-refractivity contribution is 9.10. The summed E-state index contributed by atoms with van der Waals surface area (Å²) in [6.07, 6.45) is 1.54. The van der Waals surface area contributed by atoms with Crippen LogP contribution in [0, 0.1) is 0 Å². The molecule has 0 spiro atoms. The lowest BCUT2D eigenvalue weighted by atomic mass is 10.3. The maximum absolute atomic E-state index is 11.9. The first-order valence-electron chi connectivity index (χ1n) is 6.05. The van der Waals surface area contributed by atoms with Gasteiger partial charge in [0.25, 0.3) is 0 Å². The molecule has 2 aromatic rings. The maximum Gasteiger partial charge on any atom is 0.234 e. The topological polar surface area (TPSA) is 85.1 Å². The Kier molecular flexibility index (Phi) is 5.49. The van der Waals surface area contributed by atoms with Crippen molar-refractivity contribution in [3.05, 3.63) is 47.1 Å². The van der Waals surface area contributed by atoms with E-state index in [0.717, 1.165) is 9.37 Å². The van der Waals surface area contributed by atoms with Gasteiger partial charge in [-0.1, -0.05) is 6.07 Å². The molecule has 2 rings (SSSR count). The summed E-state index contributed by atoms with van der Waals surface area (Å²) in [4.78, 5) is 4.93. The third-order valence-electron chi connectivity index (χ3n) is 2.47. The molecular weight excluding hydrogens is 374 g/mol. The molecule has 0 unspecified atom stereocenters. The van der Waals surface area contributed by atoms with E-state index in [9.17, 15) is 8.42 Å². The van der Waals surface area contributed by atoms with Gasteiger partial charge in [-0.2, -0.15) is 0 Å². The molecule has 0 aliphatic heterocycles. The quantitative estimate of drug-likeness (QED) is 0.587. The standard InChI is InChI=1S/C13H14BrN3O2S2/c14-10-4-5-13(16-9-10)17-21(18,19)7-6-20-12-3-1-2-11(15)8-12/h1-5,8-9H,6-7,15H2,(H,16,17). The normalized spacial score (nSPS) is 11.3. The third-order valence-corrected chi connectivity index (χ3v) is 5.45. The SMILES string of the molecule is Nc1cccc(SCCS(=O)(=O)Nc2ccc(Br)cn2)c1. The predicted octanol–water partition coefficient (Wildman–Crippen LogP) is 2.96. The van der Waals surface area contributed by atoms with Crippen LogP contribution in [0.2, 0.25) is 0 Å². The Morgan fingerprint density at radius 2 is 2.10 bits per heavy atom. The van der Waals surface area contributed by atoms with Crippen LogP contribution in [0.5, 0.6) is 0 Å².